The summed E-state index contributed by atoms with van der Waals surface area (Å²) in [5, 5.41) is 21.9. The lowest BCUT2D eigenvalue weighted by Crippen LogP contribution is -2.16. The van der Waals surface area contributed by atoms with Crippen LogP contribution < -0.4 is 15.2 Å². The third-order valence-corrected chi connectivity index (χ3v) is 1.67. The van der Waals surface area contributed by atoms with Crippen LogP contribution in [0.4, 0.5) is 5.69 Å². The first-order valence-electron chi connectivity index (χ1n) is 4.13. The van der Waals surface area contributed by atoms with Gasteiger partial charge in [-0.3, -0.25) is 0 Å². The number of ether oxygens (including phenoxy) is 1. The summed E-state index contributed by atoms with van der Waals surface area (Å²) < 4.78 is 4.97. The van der Waals surface area contributed by atoms with Crippen molar-refractivity contribution in [2.45, 2.75) is 6.23 Å². The van der Waals surface area contributed by atoms with Crippen LogP contribution in [0.3, 0.4) is 0 Å². The number of anilines is 1. The fraction of sp³-hybridized carbons (Fsp3) is 0.200. The maximum absolute atomic E-state index is 10.0. The summed E-state index contributed by atoms with van der Waals surface area (Å²) in [4.78, 5) is 0. The number of aliphatic hydroxyl groups excluding tert-OH is 1. The van der Waals surface area contributed by atoms with Gasteiger partial charge in [0.05, 0.1) is 7.11 Å². The van der Waals surface area contributed by atoms with Crippen molar-refractivity contribution in [3.63, 3.8) is 0 Å². The van der Waals surface area contributed by atoms with E-state index in [9.17, 15) is 10.2 Å². The molecule has 0 amide bonds. The molecule has 2 N–H and O–H groups in total. The van der Waals surface area contributed by atoms with Crippen LogP contribution in [-0.4, -0.2) is 18.4 Å². The lowest BCUT2D eigenvalue weighted by Gasteiger charge is -2.11. The molecule has 0 fully saturated rings. The zero-order valence-corrected chi connectivity index (χ0v) is 7.81. The summed E-state index contributed by atoms with van der Waals surface area (Å²) in [5.41, 5.74) is 0.719. The highest BCUT2D eigenvalue weighted by Crippen LogP contribution is 2.15. The Morgan fingerprint density at radius 2 is 2.07 bits per heavy atom. The molecule has 4 heteroatoms. The molecule has 1 atom stereocenters. The molecule has 0 aliphatic carbocycles. The van der Waals surface area contributed by atoms with Gasteiger partial charge in [-0.25, -0.2) is 0 Å². The third-order valence-electron chi connectivity index (χ3n) is 1.67. The quantitative estimate of drug-likeness (QED) is 0.534. The van der Waals surface area contributed by atoms with Crippen LogP contribution >= 0.6 is 0 Å². The molecule has 1 unspecified atom stereocenters. The maximum atomic E-state index is 10.0. The predicted octanol–water partition coefficient (Wildman–Crippen LogP) is 0.299. The van der Waals surface area contributed by atoms with E-state index in [0.717, 1.165) is 17.5 Å². The Bertz CT molecular complexity index is 295. The van der Waals surface area contributed by atoms with Crippen LogP contribution in [0.25, 0.3) is 0 Å². The smallest absolute Gasteiger partial charge is 0.142 e. The Morgan fingerprint density at radius 3 is 2.57 bits per heavy atom. The molecule has 0 heterocycles. The van der Waals surface area contributed by atoms with Crippen molar-refractivity contribution in [1.82, 2.24) is 0 Å². The first-order valence-corrected chi connectivity index (χ1v) is 4.13. The monoisotopic (exact) mass is 194 g/mol. The lowest BCUT2D eigenvalue weighted by atomic mass is 10.3. The average molecular weight is 194 g/mol. The number of hydrogen-bond acceptors (Lipinski definition) is 4. The number of hydrogen-bond donors (Lipinski definition) is 2. The van der Waals surface area contributed by atoms with Gasteiger partial charge in [0.1, 0.15) is 12.0 Å². The van der Waals surface area contributed by atoms with E-state index in [0.29, 0.717) is 6.26 Å². The molecule has 0 aromatic heterocycles. The van der Waals surface area contributed by atoms with Crippen molar-refractivity contribution in [3.8, 4) is 5.75 Å². The number of benzene rings is 1. The highest BCUT2D eigenvalue weighted by Gasteiger charge is 1.97. The Kier molecular flexibility index (Phi) is 3.82. The van der Waals surface area contributed by atoms with Crippen molar-refractivity contribution in [2.75, 3.05) is 12.4 Å². The van der Waals surface area contributed by atoms with Gasteiger partial charge in [0.25, 0.3) is 0 Å². The van der Waals surface area contributed by atoms with Gasteiger partial charge < -0.3 is 20.3 Å². The van der Waals surface area contributed by atoms with Crippen LogP contribution in [0.5, 0.6) is 5.75 Å². The Labute approximate surface area is 82.5 Å². The van der Waals surface area contributed by atoms with Gasteiger partial charge >= 0.3 is 0 Å². The van der Waals surface area contributed by atoms with E-state index in [2.05, 4.69) is 5.32 Å². The zero-order valence-electron chi connectivity index (χ0n) is 7.81. The summed E-state index contributed by atoms with van der Waals surface area (Å²) in [6, 6.07) is 7.02. The Balaban J connectivity index is 2.59. The van der Waals surface area contributed by atoms with Crippen LogP contribution in [0, 0.1) is 0 Å². The molecule has 0 saturated heterocycles. The van der Waals surface area contributed by atoms with Crippen molar-refractivity contribution < 1.29 is 14.9 Å². The Morgan fingerprint density at radius 1 is 1.43 bits per heavy atom. The molecule has 14 heavy (non-hydrogen) atoms. The largest absolute Gasteiger partial charge is 0.878 e. The van der Waals surface area contributed by atoms with E-state index in [1.807, 2.05) is 0 Å². The molecular weight excluding hydrogens is 182 g/mol. The van der Waals surface area contributed by atoms with Crippen LogP contribution in [-0.2, 0) is 0 Å². The molecule has 76 valence electrons. The summed E-state index contributed by atoms with van der Waals surface area (Å²) in [7, 11) is 1.58. The maximum Gasteiger partial charge on any atom is 0.142 e. The van der Waals surface area contributed by atoms with Gasteiger partial charge in [0.2, 0.25) is 0 Å². The molecule has 0 saturated carbocycles. The summed E-state index contributed by atoms with van der Waals surface area (Å²) in [6.07, 6.45) is 0.701. The number of rotatable bonds is 4. The van der Waals surface area contributed by atoms with Gasteiger partial charge in [-0.15, -0.1) is 6.26 Å². The van der Waals surface area contributed by atoms with E-state index >= 15 is 0 Å². The fourth-order valence-corrected chi connectivity index (χ4v) is 0.981. The SMILES string of the molecule is COc1ccc(NC(O)C=C[O-])cc1. The standard InChI is InChI=1S/C10H13NO3/c1-14-9-4-2-8(3-5-9)11-10(13)6-7-12/h2-7,10-13H,1H3/p-1. The van der Waals surface area contributed by atoms with E-state index in [-0.39, 0.29) is 0 Å². The van der Waals surface area contributed by atoms with Gasteiger partial charge in [0, 0.05) is 5.69 Å². The second-order valence-corrected chi connectivity index (χ2v) is 2.65. The van der Waals surface area contributed by atoms with Gasteiger partial charge in [-0.05, 0) is 24.3 Å². The van der Waals surface area contributed by atoms with Crippen molar-refractivity contribution in [2.24, 2.45) is 0 Å². The number of aliphatic hydroxyl groups is 1. The molecule has 0 aliphatic rings. The Hall–Kier alpha value is -1.68. The third kappa shape index (κ3) is 2.99. The molecule has 1 aromatic rings. The molecule has 1 aromatic carbocycles. The molecule has 4 nitrogen and oxygen atoms in total. The second kappa shape index (κ2) is 5.14. The van der Waals surface area contributed by atoms with Crippen LogP contribution in [0.15, 0.2) is 36.6 Å². The number of methoxy groups -OCH3 is 1. The second-order valence-electron chi connectivity index (χ2n) is 2.65. The van der Waals surface area contributed by atoms with Crippen molar-refractivity contribution in [1.29, 1.82) is 0 Å². The normalized spacial score (nSPS) is 12.7. The fourth-order valence-electron chi connectivity index (χ4n) is 0.981. The molecule has 0 radical (unpaired) electrons. The molecule has 1 rings (SSSR count). The van der Waals surface area contributed by atoms with Crippen molar-refractivity contribution >= 4 is 5.69 Å². The van der Waals surface area contributed by atoms with E-state index in [4.69, 9.17) is 4.74 Å². The topological polar surface area (TPSA) is 64.5 Å². The predicted molar refractivity (Wildman–Crippen MR) is 51.8 cm³/mol. The van der Waals surface area contributed by atoms with E-state index < -0.39 is 6.23 Å². The summed E-state index contributed by atoms with van der Waals surface area (Å²) in [6.45, 7) is 0. The molecular formula is C10H12NO3-. The average Bonchev–Trinajstić information content (AvgIpc) is 2.19. The molecule has 0 aliphatic heterocycles. The highest BCUT2D eigenvalue weighted by molar-refractivity contribution is 5.47. The molecule has 0 bridgehead atoms. The van der Waals surface area contributed by atoms with Crippen LogP contribution in [0.2, 0.25) is 0 Å². The van der Waals surface area contributed by atoms with Gasteiger partial charge in [-0.2, -0.15) is 0 Å². The lowest BCUT2D eigenvalue weighted by molar-refractivity contribution is -0.275. The minimum Gasteiger partial charge on any atom is -0.878 e. The first kappa shape index (κ1) is 10.4. The van der Waals surface area contributed by atoms with Gasteiger partial charge in [0.15, 0.2) is 0 Å². The highest BCUT2D eigenvalue weighted by atomic mass is 16.5. The van der Waals surface area contributed by atoms with Crippen LogP contribution in [0.1, 0.15) is 0 Å². The minimum atomic E-state index is -0.958. The first-order chi connectivity index (χ1) is 6.76. The minimum absolute atomic E-state index is 0.543. The van der Waals surface area contributed by atoms with E-state index in [1.165, 1.54) is 0 Å². The summed E-state index contributed by atoms with van der Waals surface area (Å²) >= 11 is 0. The van der Waals surface area contributed by atoms with E-state index in [1.54, 1.807) is 31.4 Å². The zero-order chi connectivity index (χ0) is 10.4. The molecule has 0 spiro atoms. The number of nitrogens with one attached hydrogen (secondary N) is 1. The van der Waals surface area contributed by atoms with Gasteiger partial charge in [-0.1, -0.05) is 6.08 Å². The summed E-state index contributed by atoms with van der Waals surface area (Å²) in [5.74, 6) is 0.740. The van der Waals surface area contributed by atoms with Crippen molar-refractivity contribution in [3.05, 3.63) is 36.6 Å².